The summed E-state index contributed by atoms with van der Waals surface area (Å²) in [4.78, 5) is 24.4. The summed E-state index contributed by atoms with van der Waals surface area (Å²) in [6.07, 6.45) is 61.6. The summed E-state index contributed by atoms with van der Waals surface area (Å²) in [6.45, 7) is 4.84. The van der Waals surface area contributed by atoms with E-state index in [-0.39, 0.29) is 18.5 Å². The Labute approximate surface area is 379 Å². The fraction of sp³-hybridized carbons (Fsp3) is 0.855. The number of allylic oxidation sites excluding steroid dienone is 5. The van der Waals surface area contributed by atoms with Gasteiger partial charge >= 0.3 is 5.97 Å². The van der Waals surface area contributed by atoms with Crippen LogP contribution in [-0.2, 0) is 14.3 Å². The van der Waals surface area contributed by atoms with Crippen LogP contribution in [0.5, 0.6) is 0 Å². The van der Waals surface area contributed by atoms with Crippen molar-refractivity contribution in [3.8, 4) is 0 Å². The van der Waals surface area contributed by atoms with Gasteiger partial charge in [-0.3, -0.25) is 9.59 Å². The zero-order chi connectivity index (χ0) is 44.4. The molecule has 0 saturated carbocycles. The quantitative estimate of drug-likeness (QED) is 0.0322. The highest BCUT2D eigenvalue weighted by atomic mass is 16.5. The first-order chi connectivity index (χ1) is 30.0. The molecule has 0 aliphatic carbocycles. The molecule has 0 fully saturated rings. The van der Waals surface area contributed by atoms with Crippen molar-refractivity contribution in [1.29, 1.82) is 0 Å². The molecule has 61 heavy (non-hydrogen) atoms. The average Bonchev–Trinajstić information content (AvgIpc) is 3.26. The summed E-state index contributed by atoms with van der Waals surface area (Å²) < 4.78 is 5.43. The molecular formula is C55H103NO5. The van der Waals surface area contributed by atoms with Gasteiger partial charge in [-0.25, -0.2) is 0 Å². The largest absolute Gasteiger partial charge is 0.466 e. The molecule has 0 aliphatic rings. The molecule has 0 saturated heterocycles. The summed E-state index contributed by atoms with van der Waals surface area (Å²) >= 11 is 0. The lowest BCUT2D eigenvalue weighted by Crippen LogP contribution is -2.45. The van der Waals surface area contributed by atoms with Gasteiger partial charge in [0.15, 0.2) is 0 Å². The minimum atomic E-state index is -0.879. The number of hydrogen-bond acceptors (Lipinski definition) is 5. The number of rotatable bonds is 49. The Morgan fingerprint density at radius 1 is 0.459 bits per heavy atom. The van der Waals surface area contributed by atoms with Gasteiger partial charge in [0.2, 0.25) is 5.91 Å². The average molecular weight is 858 g/mol. The summed E-state index contributed by atoms with van der Waals surface area (Å²) in [6, 6.07) is -0.672. The van der Waals surface area contributed by atoms with Crippen LogP contribution >= 0.6 is 0 Å². The second-order valence-electron chi connectivity index (χ2n) is 18.2. The fourth-order valence-electron chi connectivity index (χ4n) is 8.04. The van der Waals surface area contributed by atoms with Crippen LogP contribution in [0.1, 0.15) is 277 Å². The number of aliphatic hydroxyl groups excluding tert-OH is 2. The molecule has 0 radical (unpaired) electrons. The number of carbonyl (C=O) groups is 2. The minimum Gasteiger partial charge on any atom is -0.466 e. The first kappa shape index (κ1) is 59.1. The molecule has 0 heterocycles. The van der Waals surface area contributed by atoms with Gasteiger partial charge in [-0.1, -0.05) is 249 Å². The van der Waals surface area contributed by atoms with Crippen molar-refractivity contribution in [3.05, 3.63) is 36.5 Å². The molecule has 0 rings (SSSR count). The molecule has 0 spiro atoms. The summed E-state index contributed by atoms with van der Waals surface area (Å²) in [5, 5.41) is 23.0. The maximum absolute atomic E-state index is 12.4. The van der Waals surface area contributed by atoms with Crippen LogP contribution in [0.25, 0.3) is 0 Å². The minimum absolute atomic E-state index is 0.0190. The molecule has 0 bridgehead atoms. The predicted molar refractivity (Wildman–Crippen MR) is 264 cm³/mol. The summed E-state index contributed by atoms with van der Waals surface area (Å²) in [5.74, 6) is -0.166. The van der Waals surface area contributed by atoms with Gasteiger partial charge in [-0.05, 0) is 51.4 Å². The van der Waals surface area contributed by atoms with Gasteiger partial charge < -0.3 is 20.3 Å². The molecule has 2 unspecified atom stereocenters. The lowest BCUT2D eigenvalue weighted by Gasteiger charge is -2.19. The van der Waals surface area contributed by atoms with Gasteiger partial charge in [0.25, 0.3) is 0 Å². The van der Waals surface area contributed by atoms with Crippen LogP contribution in [-0.4, -0.2) is 47.4 Å². The van der Waals surface area contributed by atoms with Gasteiger partial charge in [0, 0.05) is 12.8 Å². The molecule has 0 aromatic rings. The van der Waals surface area contributed by atoms with Gasteiger partial charge in [-0.15, -0.1) is 0 Å². The van der Waals surface area contributed by atoms with Gasteiger partial charge in [-0.2, -0.15) is 0 Å². The molecule has 0 aromatic carbocycles. The number of nitrogens with one attached hydrogen (secondary N) is 1. The maximum atomic E-state index is 12.4. The number of hydrogen-bond donors (Lipinski definition) is 3. The van der Waals surface area contributed by atoms with E-state index in [1.54, 1.807) is 6.08 Å². The van der Waals surface area contributed by atoms with E-state index in [4.69, 9.17) is 4.74 Å². The Morgan fingerprint density at radius 2 is 0.836 bits per heavy atom. The maximum Gasteiger partial charge on any atom is 0.305 e. The monoisotopic (exact) mass is 858 g/mol. The number of esters is 1. The van der Waals surface area contributed by atoms with Crippen molar-refractivity contribution >= 4 is 11.9 Å². The van der Waals surface area contributed by atoms with Gasteiger partial charge in [0.05, 0.1) is 25.4 Å². The standard InChI is InChI=1S/C55H103NO5/c1-3-5-7-9-11-13-15-16-17-18-19-20-21-22-24-28-31-35-39-43-47-53(58)52(51-57)56-54(59)48-44-40-36-32-29-25-23-26-30-34-38-42-46-50-61-55(60)49-45-41-37-33-27-14-12-10-8-6-4-2/h25,29,36,40,43,47,52-53,57-58H,3-24,26-28,30-35,37-39,41-42,44-46,48-51H2,1-2H3,(H,56,59)/b29-25-,40-36-,47-43+. The number of amides is 1. The first-order valence-corrected chi connectivity index (χ1v) is 26.8. The third-order valence-corrected chi connectivity index (χ3v) is 12.2. The zero-order valence-electron chi connectivity index (χ0n) is 40.6. The van der Waals surface area contributed by atoms with Crippen LogP contribution in [0.15, 0.2) is 36.5 Å². The Balaban J connectivity index is 3.60. The molecule has 3 N–H and O–H groups in total. The molecule has 6 heteroatoms. The van der Waals surface area contributed by atoms with Crippen LogP contribution in [0.3, 0.4) is 0 Å². The van der Waals surface area contributed by atoms with Crippen LogP contribution < -0.4 is 5.32 Å². The van der Waals surface area contributed by atoms with Crippen molar-refractivity contribution < 1.29 is 24.5 Å². The lowest BCUT2D eigenvalue weighted by atomic mass is 10.0. The summed E-state index contributed by atoms with van der Waals surface area (Å²) in [5.41, 5.74) is 0. The van der Waals surface area contributed by atoms with E-state index in [2.05, 4.69) is 37.4 Å². The highest BCUT2D eigenvalue weighted by Crippen LogP contribution is 2.16. The molecular weight excluding hydrogens is 755 g/mol. The van der Waals surface area contributed by atoms with Crippen LogP contribution in [0, 0.1) is 0 Å². The highest BCUT2D eigenvalue weighted by Gasteiger charge is 2.17. The lowest BCUT2D eigenvalue weighted by molar-refractivity contribution is -0.143. The van der Waals surface area contributed by atoms with E-state index in [1.807, 2.05) is 12.2 Å². The Bertz CT molecular complexity index is 993. The van der Waals surface area contributed by atoms with Crippen molar-refractivity contribution in [2.24, 2.45) is 0 Å². The van der Waals surface area contributed by atoms with Gasteiger partial charge in [0.1, 0.15) is 0 Å². The van der Waals surface area contributed by atoms with E-state index in [0.29, 0.717) is 25.9 Å². The van der Waals surface area contributed by atoms with Crippen molar-refractivity contribution in [1.82, 2.24) is 5.32 Å². The molecule has 358 valence electrons. The molecule has 0 aliphatic heterocycles. The Morgan fingerprint density at radius 3 is 1.28 bits per heavy atom. The SMILES string of the molecule is CCCCCCCCCCCCCCCCCCCC/C=C/C(O)C(CO)NC(=O)CC/C=C\C/C=C\CCCCCCCCOC(=O)CCCCCCCCCCCCC. The molecule has 2 atom stereocenters. The van der Waals surface area contributed by atoms with E-state index in [9.17, 15) is 19.8 Å². The van der Waals surface area contributed by atoms with E-state index in [1.165, 1.54) is 193 Å². The van der Waals surface area contributed by atoms with Crippen molar-refractivity contribution in [2.45, 2.75) is 289 Å². The number of ether oxygens (including phenoxy) is 1. The van der Waals surface area contributed by atoms with E-state index in [0.717, 1.165) is 51.4 Å². The smallest absolute Gasteiger partial charge is 0.305 e. The molecule has 6 nitrogen and oxygen atoms in total. The first-order valence-electron chi connectivity index (χ1n) is 26.8. The Kier molecular flexibility index (Phi) is 49.1. The second-order valence-corrected chi connectivity index (χ2v) is 18.2. The van der Waals surface area contributed by atoms with Crippen molar-refractivity contribution in [2.75, 3.05) is 13.2 Å². The molecule has 0 aromatic heterocycles. The Hall–Kier alpha value is -1.92. The summed E-state index contributed by atoms with van der Waals surface area (Å²) in [7, 11) is 0. The third kappa shape index (κ3) is 47.4. The number of aliphatic hydroxyl groups is 2. The molecule has 1 amide bonds. The fourth-order valence-corrected chi connectivity index (χ4v) is 8.04. The normalized spacial score (nSPS) is 12.9. The predicted octanol–water partition coefficient (Wildman–Crippen LogP) is 16.1. The van der Waals surface area contributed by atoms with Crippen molar-refractivity contribution in [3.63, 3.8) is 0 Å². The topological polar surface area (TPSA) is 95.9 Å². The third-order valence-electron chi connectivity index (χ3n) is 12.2. The highest BCUT2D eigenvalue weighted by molar-refractivity contribution is 5.76. The van der Waals surface area contributed by atoms with Crippen LogP contribution in [0.4, 0.5) is 0 Å². The van der Waals surface area contributed by atoms with E-state index >= 15 is 0 Å². The zero-order valence-corrected chi connectivity index (χ0v) is 40.6. The number of unbranched alkanes of at least 4 members (excludes halogenated alkanes) is 34. The second kappa shape index (κ2) is 50.7. The van der Waals surface area contributed by atoms with E-state index < -0.39 is 12.1 Å². The number of carbonyl (C=O) groups excluding carboxylic acids is 2. The van der Waals surface area contributed by atoms with Crippen LogP contribution in [0.2, 0.25) is 0 Å².